The molecule has 1 aromatic heterocycles. The Balaban J connectivity index is 1.33. The van der Waals surface area contributed by atoms with E-state index in [9.17, 15) is 17.6 Å². The second-order valence-corrected chi connectivity index (χ2v) is 10.9. The zero-order valence-corrected chi connectivity index (χ0v) is 19.7. The lowest BCUT2D eigenvalue weighted by molar-refractivity contribution is -0.131. The minimum atomic E-state index is -3.43. The number of hydrogen-bond donors (Lipinski definition) is 1. The summed E-state index contributed by atoms with van der Waals surface area (Å²) in [5, 5.41) is 5.26. The molecule has 0 spiro atoms. The smallest absolute Gasteiger partial charge is 0.236 e. The fourth-order valence-corrected chi connectivity index (χ4v) is 6.23. The highest BCUT2D eigenvalue weighted by molar-refractivity contribution is 7.88. The third-order valence-corrected chi connectivity index (χ3v) is 8.45. The van der Waals surface area contributed by atoms with Crippen LogP contribution in [0.25, 0.3) is 0 Å². The number of rotatable bonds is 8. The molecule has 2 aromatic carbocycles. The molecule has 0 bridgehead atoms. The summed E-state index contributed by atoms with van der Waals surface area (Å²) in [4.78, 5) is 15.6. The molecule has 1 fully saturated rings. The van der Waals surface area contributed by atoms with Crippen molar-refractivity contribution in [3.63, 3.8) is 0 Å². The van der Waals surface area contributed by atoms with Crippen LogP contribution in [0.3, 0.4) is 0 Å². The van der Waals surface area contributed by atoms with Gasteiger partial charge in [0.2, 0.25) is 15.9 Å². The van der Waals surface area contributed by atoms with Crippen LogP contribution >= 0.6 is 11.3 Å². The molecule has 6 nitrogen and oxygen atoms in total. The molecule has 1 amide bonds. The number of benzene rings is 2. The second kappa shape index (κ2) is 10.6. The minimum Gasteiger partial charge on any atom is -0.339 e. The molecular formula is C24H26FN3O3S2. The lowest BCUT2D eigenvalue weighted by Crippen LogP contribution is -2.52. The Hall–Kier alpha value is -2.59. The maximum Gasteiger partial charge on any atom is 0.236 e. The van der Waals surface area contributed by atoms with Crippen molar-refractivity contribution < 1.29 is 17.6 Å². The number of thiophene rings is 1. The van der Waals surface area contributed by atoms with E-state index in [1.165, 1.54) is 16.4 Å². The van der Waals surface area contributed by atoms with Crippen LogP contribution in [0.5, 0.6) is 0 Å². The molecule has 2 heterocycles. The van der Waals surface area contributed by atoms with Crippen LogP contribution in [-0.4, -0.2) is 56.3 Å². The highest BCUT2D eigenvalue weighted by atomic mass is 32.2. The zero-order valence-electron chi connectivity index (χ0n) is 18.1. The number of hydrogen-bond acceptors (Lipinski definition) is 5. The Morgan fingerprint density at radius 1 is 0.970 bits per heavy atom. The molecule has 1 saturated heterocycles. The number of nitrogens with zero attached hydrogens (tertiary/aromatic N) is 2. The molecule has 0 unspecified atom stereocenters. The summed E-state index contributed by atoms with van der Waals surface area (Å²) in [6.07, 6.45) is 0. The van der Waals surface area contributed by atoms with E-state index < -0.39 is 10.0 Å². The minimum absolute atomic E-state index is 0.0382. The number of carbonyl (C=O) groups is 1. The first-order valence-corrected chi connectivity index (χ1v) is 13.2. The van der Waals surface area contributed by atoms with Crippen LogP contribution < -0.4 is 5.32 Å². The first-order chi connectivity index (χ1) is 15.9. The highest BCUT2D eigenvalue weighted by Gasteiger charge is 2.29. The van der Waals surface area contributed by atoms with E-state index >= 15 is 0 Å². The van der Waals surface area contributed by atoms with Gasteiger partial charge in [-0.1, -0.05) is 48.5 Å². The van der Waals surface area contributed by atoms with Crippen molar-refractivity contribution >= 4 is 27.3 Å². The quantitative estimate of drug-likeness (QED) is 0.530. The number of carbonyl (C=O) groups excluding carboxylic acids is 1. The van der Waals surface area contributed by atoms with Crippen LogP contribution in [0.15, 0.2) is 72.1 Å². The van der Waals surface area contributed by atoms with E-state index in [-0.39, 0.29) is 43.2 Å². The standard InChI is InChI=1S/C24H26FN3O3S2/c25-21-10-8-20(9-11-21)24(22-7-4-16-32-22)26-17-23(29)27-12-14-28(15-13-27)33(30,31)18-19-5-2-1-3-6-19/h1-11,16,24,26H,12-15,17-18H2/t24-/m0/s1. The number of nitrogens with one attached hydrogen (secondary N) is 1. The van der Waals surface area contributed by atoms with Crippen molar-refractivity contribution in [1.82, 2.24) is 14.5 Å². The summed E-state index contributed by atoms with van der Waals surface area (Å²) in [6.45, 7) is 1.39. The van der Waals surface area contributed by atoms with Gasteiger partial charge in [0.15, 0.2) is 0 Å². The summed E-state index contributed by atoms with van der Waals surface area (Å²) < 4.78 is 40.3. The molecular weight excluding hydrogens is 461 g/mol. The molecule has 1 N–H and O–H groups in total. The molecule has 0 radical (unpaired) electrons. The number of sulfonamides is 1. The summed E-state index contributed by atoms with van der Waals surface area (Å²) >= 11 is 1.57. The van der Waals surface area contributed by atoms with Gasteiger partial charge in [0.05, 0.1) is 18.3 Å². The van der Waals surface area contributed by atoms with Crippen LogP contribution in [-0.2, 0) is 20.6 Å². The lowest BCUT2D eigenvalue weighted by atomic mass is 10.1. The summed E-state index contributed by atoms with van der Waals surface area (Å²) in [5.74, 6) is -0.428. The van der Waals surface area contributed by atoms with Gasteiger partial charge in [-0.3, -0.25) is 10.1 Å². The van der Waals surface area contributed by atoms with Gasteiger partial charge in [-0.2, -0.15) is 4.31 Å². The second-order valence-electron chi connectivity index (χ2n) is 7.90. The van der Waals surface area contributed by atoms with E-state index in [4.69, 9.17) is 0 Å². The Bertz CT molecular complexity index is 1150. The van der Waals surface area contributed by atoms with E-state index in [0.29, 0.717) is 13.1 Å². The fraction of sp³-hybridized carbons (Fsp3) is 0.292. The molecule has 4 rings (SSSR count). The first-order valence-electron chi connectivity index (χ1n) is 10.7. The largest absolute Gasteiger partial charge is 0.339 e. The normalized spacial score (nSPS) is 16.0. The molecule has 3 aromatic rings. The van der Waals surface area contributed by atoms with E-state index in [1.54, 1.807) is 40.5 Å². The Morgan fingerprint density at radius 2 is 1.67 bits per heavy atom. The van der Waals surface area contributed by atoms with Crippen molar-refractivity contribution in [1.29, 1.82) is 0 Å². The molecule has 1 atom stereocenters. The zero-order chi connectivity index (χ0) is 23.3. The first kappa shape index (κ1) is 23.6. The van der Waals surface area contributed by atoms with E-state index in [1.807, 2.05) is 35.7 Å². The SMILES string of the molecule is O=C(CN[C@@H](c1ccc(F)cc1)c1cccs1)N1CCN(S(=O)(=O)Cc2ccccc2)CC1. The van der Waals surface area contributed by atoms with Crippen molar-refractivity contribution in [2.75, 3.05) is 32.7 Å². The van der Waals surface area contributed by atoms with Gasteiger partial charge >= 0.3 is 0 Å². The highest BCUT2D eigenvalue weighted by Crippen LogP contribution is 2.26. The van der Waals surface area contributed by atoms with Gasteiger partial charge in [0.1, 0.15) is 5.82 Å². The van der Waals surface area contributed by atoms with Crippen molar-refractivity contribution in [2.45, 2.75) is 11.8 Å². The third kappa shape index (κ3) is 6.05. The molecule has 1 aliphatic rings. The maximum atomic E-state index is 13.4. The number of piperazine rings is 1. The average molecular weight is 488 g/mol. The van der Waals surface area contributed by atoms with Gasteiger partial charge in [-0.05, 0) is 34.7 Å². The molecule has 0 saturated carbocycles. The molecule has 9 heteroatoms. The Labute approximate surface area is 197 Å². The Kier molecular flexibility index (Phi) is 7.54. The average Bonchev–Trinajstić information content (AvgIpc) is 3.35. The van der Waals surface area contributed by atoms with Crippen molar-refractivity contribution in [3.05, 3.63) is 93.9 Å². The third-order valence-electron chi connectivity index (χ3n) is 5.67. The molecule has 33 heavy (non-hydrogen) atoms. The van der Waals surface area contributed by atoms with Crippen LogP contribution in [0.2, 0.25) is 0 Å². The van der Waals surface area contributed by atoms with Gasteiger partial charge < -0.3 is 4.90 Å². The summed E-state index contributed by atoms with van der Waals surface area (Å²) in [7, 11) is -3.43. The molecule has 174 valence electrons. The van der Waals surface area contributed by atoms with Crippen molar-refractivity contribution in [2.24, 2.45) is 0 Å². The van der Waals surface area contributed by atoms with Crippen LogP contribution in [0.4, 0.5) is 4.39 Å². The monoisotopic (exact) mass is 487 g/mol. The van der Waals surface area contributed by atoms with Gasteiger partial charge in [-0.25, -0.2) is 12.8 Å². The van der Waals surface area contributed by atoms with E-state index in [2.05, 4.69) is 5.32 Å². The van der Waals surface area contributed by atoms with Crippen LogP contribution in [0.1, 0.15) is 22.0 Å². The van der Waals surface area contributed by atoms with Gasteiger partial charge in [0, 0.05) is 31.1 Å². The number of amides is 1. The van der Waals surface area contributed by atoms with E-state index in [0.717, 1.165) is 16.0 Å². The maximum absolute atomic E-state index is 13.4. The fourth-order valence-electron chi connectivity index (χ4n) is 3.89. The number of halogens is 1. The van der Waals surface area contributed by atoms with Crippen molar-refractivity contribution in [3.8, 4) is 0 Å². The molecule has 1 aliphatic heterocycles. The predicted octanol–water partition coefficient (Wildman–Crippen LogP) is 3.24. The lowest BCUT2D eigenvalue weighted by Gasteiger charge is -2.34. The predicted molar refractivity (Wildman–Crippen MR) is 128 cm³/mol. The van der Waals surface area contributed by atoms with Gasteiger partial charge in [0.25, 0.3) is 0 Å². The summed E-state index contributed by atoms with van der Waals surface area (Å²) in [6, 6.07) is 19.1. The van der Waals surface area contributed by atoms with Gasteiger partial charge in [-0.15, -0.1) is 11.3 Å². The topological polar surface area (TPSA) is 69.7 Å². The molecule has 0 aliphatic carbocycles. The Morgan fingerprint density at radius 3 is 2.30 bits per heavy atom. The van der Waals surface area contributed by atoms with Crippen LogP contribution in [0, 0.1) is 5.82 Å². The summed E-state index contributed by atoms with van der Waals surface area (Å²) in [5.41, 5.74) is 1.63.